The van der Waals surface area contributed by atoms with E-state index in [9.17, 15) is 9.59 Å². The summed E-state index contributed by atoms with van der Waals surface area (Å²) in [5.74, 6) is 0.464. The monoisotopic (exact) mass is 290 g/mol. The number of aldehydes is 1. The van der Waals surface area contributed by atoms with Crippen molar-refractivity contribution in [2.45, 2.75) is 39.5 Å². The van der Waals surface area contributed by atoms with E-state index in [0.717, 1.165) is 11.9 Å². The average molecular weight is 290 g/mol. The lowest BCUT2D eigenvalue weighted by molar-refractivity contribution is -0.134. The molecule has 4 nitrogen and oxygen atoms in total. The summed E-state index contributed by atoms with van der Waals surface area (Å²) in [4.78, 5) is 22.9. The molecule has 114 valence electrons. The number of methoxy groups -OCH3 is 1. The first-order valence-corrected chi connectivity index (χ1v) is 6.98. The molecule has 0 aromatic heterocycles. The maximum absolute atomic E-state index is 11.8. The molecule has 0 aliphatic carbocycles. The Morgan fingerprint density at radius 1 is 1.43 bits per heavy atom. The van der Waals surface area contributed by atoms with Gasteiger partial charge in [-0.3, -0.25) is 9.59 Å². The minimum Gasteiger partial charge on any atom is -0.496 e. The topological polar surface area (TPSA) is 52.6 Å². The third-order valence-corrected chi connectivity index (χ3v) is 3.37. The SMILES string of the molecule is C=C(C)C(C)c1c(OC(=O)CCC)ccc(C=O)c1OC. The minimum absolute atomic E-state index is 0.0933. The second kappa shape index (κ2) is 7.62. The van der Waals surface area contributed by atoms with Crippen LogP contribution in [0.5, 0.6) is 11.5 Å². The van der Waals surface area contributed by atoms with E-state index < -0.39 is 0 Å². The lowest BCUT2D eigenvalue weighted by Gasteiger charge is -2.20. The highest BCUT2D eigenvalue weighted by Crippen LogP contribution is 2.40. The molecule has 1 atom stereocenters. The lowest BCUT2D eigenvalue weighted by Crippen LogP contribution is -2.11. The number of ether oxygens (including phenoxy) is 2. The van der Waals surface area contributed by atoms with Crippen LogP contribution in [0.2, 0.25) is 0 Å². The van der Waals surface area contributed by atoms with Gasteiger partial charge in [0.25, 0.3) is 0 Å². The Labute approximate surface area is 125 Å². The Hall–Kier alpha value is -2.10. The maximum Gasteiger partial charge on any atom is 0.311 e. The number of carbonyl (C=O) groups is 2. The molecule has 1 aromatic carbocycles. The van der Waals surface area contributed by atoms with Crippen molar-refractivity contribution in [1.82, 2.24) is 0 Å². The van der Waals surface area contributed by atoms with Gasteiger partial charge in [-0.05, 0) is 25.5 Å². The van der Waals surface area contributed by atoms with Crippen LogP contribution in [0.1, 0.15) is 55.5 Å². The van der Waals surface area contributed by atoms with Crippen molar-refractivity contribution >= 4 is 12.3 Å². The number of hydrogen-bond donors (Lipinski definition) is 0. The highest BCUT2D eigenvalue weighted by atomic mass is 16.5. The molecule has 0 aliphatic heterocycles. The van der Waals surface area contributed by atoms with Gasteiger partial charge in [-0.15, -0.1) is 0 Å². The summed E-state index contributed by atoms with van der Waals surface area (Å²) in [6, 6.07) is 3.23. The van der Waals surface area contributed by atoms with Crippen LogP contribution in [-0.4, -0.2) is 19.4 Å². The number of hydrogen-bond acceptors (Lipinski definition) is 4. The minimum atomic E-state index is -0.298. The zero-order chi connectivity index (χ0) is 16.0. The van der Waals surface area contributed by atoms with E-state index >= 15 is 0 Å². The predicted octanol–water partition coefficient (Wildman–Crippen LogP) is 3.89. The number of esters is 1. The standard InChI is InChI=1S/C17H22O4/c1-6-7-15(19)21-14-9-8-13(10-18)17(20-5)16(14)12(4)11(2)3/h8-10,12H,2,6-7H2,1,3-5H3. The van der Waals surface area contributed by atoms with Crippen molar-refractivity contribution in [3.05, 3.63) is 35.4 Å². The molecule has 0 amide bonds. The fourth-order valence-electron chi connectivity index (χ4n) is 2.04. The van der Waals surface area contributed by atoms with Crippen molar-refractivity contribution < 1.29 is 19.1 Å². The summed E-state index contributed by atoms with van der Waals surface area (Å²) in [6.45, 7) is 9.67. The molecule has 0 fully saturated rings. The van der Waals surface area contributed by atoms with Crippen molar-refractivity contribution in [2.24, 2.45) is 0 Å². The Balaban J connectivity index is 3.38. The summed E-state index contributed by atoms with van der Waals surface area (Å²) in [7, 11) is 1.49. The Morgan fingerprint density at radius 2 is 2.10 bits per heavy atom. The zero-order valence-electron chi connectivity index (χ0n) is 13.1. The highest BCUT2D eigenvalue weighted by molar-refractivity contribution is 5.82. The van der Waals surface area contributed by atoms with Crippen molar-refractivity contribution in [1.29, 1.82) is 0 Å². The first-order chi connectivity index (χ1) is 9.96. The molecule has 0 spiro atoms. The maximum atomic E-state index is 11.8. The largest absolute Gasteiger partial charge is 0.496 e. The van der Waals surface area contributed by atoms with E-state index in [1.165, 1.54) is 7.11 Å². The molecule has 0 N–H and O–H groups in total. The number of allylic oxidation sites excluding steroid dienone is 1. The highest BCUT2D eigenvalue weighted by Gasteiger charge is 2.22. The number of carbonyl (C=O) groups excluding carboxylic acids is 2. The molecule has 1 rings (SSSR count). The quantitative estimate of drug-likeness (QED) is 0.331. The summed E-state index contributed by atoms with van der Waals surface area (Å²) in [6.07, 6.45) is 1.79. The number of rotatable bonds is 7. The summed E-state index contributed by atoms with van der Waals surface area (Å²) in [5, 5.41) is 0. The van der Waals surface area contributed by atoms with Gasteiger partial charge in [0.15, 0.2) is 6.29 Å². The summed E-state index contributed by atoms with van der Waals surface area (Å²) in [5.41, 5.74) is 2.00. The summed E-state index contributed by atoms with van der Waals surface area (Å²) < 4.78 is 10.8. The average Bonchev–Trinajstić information content (AvgIpc) is 2.45. The van der Waals surface area contributed by atoms with Crippen LogP contribution in [0.3, 0.4) is 0 Å². The fourth-order valence-corrected chi connectivity index (χ4v) is 2.04. The van der Waals surface area contributed by atoms with Crippen LogP contribution >= 0.6 is 0 Å². The van der Waals surface area contributed by atoms with E-state index in [4.69, 9.17) is 9.47 Å². The van der Waals surface area contributed by atoms with Gasteiger partial charge in [-0.25, -0.2) is 0 Å². The first-order valence-electron chi connectivity index (χ1n) is 6.98. The molecule has 1 unspecified atom stereocenters. The molecule has 0 saturated carbocycles. The van der Waals surface area contributed by atoms with Crippen molar-refractivity contribution in [3.63, 3.8) is 0 Å². The summed E-state index contributed by atoms with van der Waals surface area (Å²) >= 11 is 0. The van der Waals surface area contributed by atoms with Gasteiger partial charge in [-0.1, -0.05) is 26.0 Å². The van der Waals surface area contributed by atoms with Crippen LogP contribution in [0, 0.1) is 0 Å². The molecule has 4 heteroatoms. The van der Waals surface area contributed by atoms with E-state index in [-0.39, 0.29) is 11.9 Å². The van der Waals surface area contributed by atoms with Gasteiger partial charge in [-0.2, -0.15) is 0 Å². The molecular weight excluding hydrogens is 268 g/mol. The van der Waals surface area contributed by atoms with Crippen LogP contribution < -0.4 is 9.47 Å². The molecular formula is C17H22O4. The normalized spacial score (nSPS) is 11.6. The van der Waals surface area contributed by atoms with E-state index in [1.54, 1.807) is 12.1 Å². The van der Waals surface area contributed by atoms with Crippen molar-refractivity contribution in [3.8, 4) is 11.5 Å². The first kappa shape index (κ1) is 17.0. The fraction of sp³-hybridized carbons (Fsp3) is 0.412. The lowest BCUT2D eigenvalue weighted by atomic mass is 9.91. The molecule has 0 heterocycles. The van der Waals surface area contributed by atoms with E-state index in [0.29, 0.717) is 35.5 Å². The molecule has 0 radical (unpaired) electrons. The molecule has 1 aromatic rings. The number of benzene rings is 1. The van der Waals surface area contributed by atoms with Crippen LogP contribution in [0.4, 0.5) is 0 Å². The Morgan fingerprint density at radius 3 is 2.57 bits per heavy atom. The van der Waals surface area contributed by atoms with Gasteiger partial charge >= 0.3 is 5.97 Å². The van der Waals surface area contributed by atoms with Gasteiger partial charge < -0.3 is 9.47 Å². The Bertz CT molecular complexity index is 546. The van der Waals surface area contributed by atoms with E-state index in [1.807, 2.05) is 20.8 Å². The zero-order valence-corrected chi connectivity index (χ0v) is 13.1. The van der Waals surface area contributed by atoms with Gasteiger partial charge in [0.05, 0.1) is 12.7 Å². The Kier molecular flexibility index (Phi) is 6.15. The smallest absolute Gasteiger partial charge is 0.311 e. The van der Waals surface area contributed by atoms with Gasteiger partial charge in [0, 0.05) is 17.9 Å². The van der Waals surface area contributed by atoms with Crippen LogP contribution in [-0.2, 0) is 4.79 Å². The van der Waals surface area contributed by atoms with E-state index in [2.05, 4.69) is 6.58 Å². The molecule has 0 aliphatic rings. The van der Waals surface area contributed by atoms with Gasteiger partial charge in [0.1, 0.15) is 11.5 Å². The third-order valence-electron chi connectivity index (χ3n) is 3.37. The van der Waals surface area contributed by atoms with Crippen LogP contribution in [0.15, 0.2) is 24.3 Å². The van der Waals surface area contributed by atoms with Crippen molar-refractivity contribution in [2.75, 3.05) is 7.11 Å². The second-order valence-electron chi connectivity index (χ2n) is 5.01. The van der Waals surface area contributed by atoms with Crippen LogP contribution in [0.25, 0.3) is 0 Å². The predicted molar refractivity (Wildman–Crippen MR) is 82.2 cm³/mol. The third kappa shape index (κ3) is 3.94. The molecule has 0 bridgehead atoms. The second-order valence-corrected chi connectivity index (χ2v) is 5.01. The molecule has 21 heavy (non-hydrogen) atoms. The van der Waals surface area contributed by atoms with Gasteiger partial charge in [0.2, 0.25) is 0 Å². The molecule has 0 saturated heterocycles.